The molecule has 0 saturated heterocycles. The van der Waals surface area contributed by atoms with Crippen LogP contribution in [0.3, 0.4) is 0 Å². The molecule has 0 aliphatic carbocycles. The number of fused-ring (bicyclic) bond motifs is 1. The number of pyridine rings is 1. The SMILES string of the molecule is C#C.CC.COc1cc(C)cc2cccnc12. The number of benzene rings is 1. The molecular formula is C15H19NO. The van der Waals surface area contributed by atoms with E-state index in [1.54, 1.807) is 13.3 Å². The van der Waals surface area contributed by atoms with E-state index in [0.29, 0.717) is 0 Å². The highest BCUT2D eigenvalue weighted by atomic mass is 16.5. The third-order valence-electron chi connectivity index (χ3n) is 2.03. The van der Waals surface area contributed by atoms with Gasteiger partial charge in [0.1, 0.15) is 11.3 Å². The Kier molecular flexibility index (Phi) is 7.21. The molecule has 0 saturated carbocycles. The fourth-order valence-electron chi connectivity index (χ4n) is 1.46. The first kappa shape index (κ1) is 15.0. The van der Waals surface area contributed by atoms with Gasteiger partial charge in [0.25, 0.3) is 0 Å². The predicted molar refractivity (Wildman–Crippen MR) is 74.3 cm³/mol. The van der Waals surface area contributed by atoms with Gasteiger partial charge in [-0.3, -0.25) is 4.98 Å². The van der Waals surface area contributed by atoms with Crippen LogP contribution >= 0.6 is 0 Å². The number of aryl methyl sites for hydroxylation is 1. The Morgan fingerprint density at radius 2 is 1.82 bits per heavy atom. The Bertz CT molecular complexity index is 475. The van der Waals surface area contributed by atoms with Crippen molar-refractivity contribution < 1.29 is 4.74 Å². The van der Waals surface area contributed by atoms with Gasteiger partial charge in [-0.25, -0.2) is 0 Å². The molecule has 2 nitrogen and oxygen atoms in total. The van der Waals surface area contributed by atoms with Gasteiger partial charge in [-0.05, 0) is 30.7 Å². The van der Waals surface area contributed by atoms with Gasteiger partial charge in [-0.1, -0.05) is 19.9 Å². The van der Waals surface area contributed by atoms with Crippen LogP contribution < -0.4 is 4.74 Å². The molecule has 0 aliphatic rings. The number of terminal acetylenes is 1. The Balaban J connectivity index is 0.000000581. The third-order valence-corrected chi connectivity index (χ3v) is 2.03. The number of hydrogen-bond donors (Lipinski definition) is 0. The highest BCUT2D eigenvalue weighted by Gasteiger charge is 2.01. The van der Waals surface area contributed by atoms with Crippen molar-refractivity contribution in [3.63, 3.8) is 0 Å². The molecule has 1 aromatic carbocycles. The Morgan fingerprint density at radius 3 is 2.41 bits per heavy atom. The van der Waals surface area contributed by atoms with Crippen molar-refractivity contribution in [2.75, 3.05) is 7.11 Å². The number of methoxy groups -OCH3 is 1. The molecule has 90 valence electrons. The molecule has 0 spiro atoms. The minimum atomic E-state index is 0.843. The molecule has 0 radical (unpaired) electrons. The van der Waals surface area contributed by atoms with Crippen molar-refractivity contribution in [2.45, 2.75) is 20.8 Å². The van der Waals surface area contributed by atoms with Crippen molar-refractivity contribution in [3.05, 3.63) is 36.0 Å². The second kappa shape index (κ2) is 8.18. The summed E-state index contributed by atoms with van der Waals surface area (Å²) in [5.74, 6) is 0.843. The van der Waals surface area contributed by atoms with Crippen LogP contribution in [0, 0.1) is 19.8 Å². The van der Waals surface area contributed by atoms with Gasteiger partial charge in [-0.15, -0.1) is 12.8 Å². The predicted octanol–water partition coefficient (Wildman–Crippen LogP) is 3.83. The average molecular weight is 229 g/mol. The van der Waals surface area contributed by atoms with E-state index in [9.17, 15) is 0 Å². The molecule has 0 atom stereocenters. The van der Waals surface area contributed by atoms with Crippen molar-refractivity contribution in [2.24, 2.45) is 0 Å². The molecule has 2 rings (SSSR count). The maximum atomic E-state index is 5.25. The molecular weight excluding hydrogens is 210 g/mol. The van der Waals surface area contributed by atoms with Crippen LogP contribution in [0.15, 0.2) is 30.5 Å². The molecule has 0 aliphatic heterocycles. The normalized spacial score (nSPS) is 8.35. The van der Waals surface area contributed by atoms with Crippen LogP contribution in [0.2, 0.25) is 0 Å². The first-order chi connectivity index (χ1) is 8.31. The summed E-state index contributed by atoms with van der Waals surface area (Å²) in [6.07, 6.45) is 9.78. The maximum absolute atomic E-state index is 5.25. The molecule has 0 unspecified atom stereocenters. The van der Waals surface area contributed by atoms with Gasteiger partial charge in [-0.2, -0.15) is 0 Å². The van der Waals surface area contributed by atoms with Crippen molar-refractivity contribution in [3.8, 4) is 18.6 Å². The van der Waals surface area contributed by atoms with Gasteiger partial charge in [0, 0.05) is 11.6 Å². The lowest BCUT2D eigenvalue weighted by Gasteiger charge is -2.05. The highest BCUT2D eigenvalue weighted by Crippen LogP contribution is 2.24. The monoisotopic (exact) mass is 229 g/mol. The minimum Gasteiger partial charge on any atom is -0.494 e. The van der Waals surface area contributed by atoms with E-state index in [0.717, 1.165) is 16.7 Å². The molecule has 1 heterocycles. The lowest BCUT2D eigenvalue weighted by Crippen LogP contribution is -1.88. The fourth-order valence-corrected chi connectivity index (χ4v) is 1.46. The molecule has 2 aromatic rings. The Hall–Kier alpha value is -2.01. The molecule has 0 bridgehead atoms. The zero-order valence-electron chi connectivity index (χ0n) is 10.9. The van der Waals surface area contributed by atoms with E-state index in [4.69, 9.17) is 4.74 Å². The first-order valence-electron chi connectivity index (χ1n) is 5.54. The van der Waals surface area contributed by atoms with Gasteiger partial charge >= 0.3 is 0 Å². The average Bonchev–Trinajstić information content (AvgIpc) is 2.42. The summed E-state index contributed by atoms with van der Waals surface area (Å²) in [6, 6.07) is 8.07. The summed E-state index contributed by atoms with van der Waals surface area (Å²) in [5, 5.41) is 1.12. The zero-order valence-corrected chi connectivity index (χ0v) is 10.9. The van der Waals surface area contributed by atoms with E-state index in [1.807, 2.05) is 32.0 Å². The summed E-state index contributed by atoms with van der Waals surface area (Å²) in [7, 11) is 1.67. The summed E-state index contributed by atoms with van der Waals surface area (Å²) in [5.41, 5.74) is 2.12. The highest BCUT2D eigenvalue weighted by molar-refractivity contribution is 5.85. The van der Waals surface area contributed by atoms with Gasteiger partial charge < -0.3 is 4.74 Å². The molecule has 2 heteroatoms. The number of ether oxygens (including phenoxy) is 1. The number of nitrogens with zero attached hydrogens (tertiary/aromatic N) is 1. The second-order valence-electron chi connectivity index (χ2n) is 3.04. The summed E-state index contributed by atoms with van der Waals surface area (Å²) in [4.78, 5) is 4.27. The van der Waals surface area contributed by atoms with Crippen LogP contribution in [-0.2, 0) is 0 Å². The largest absolute Gasteiger partial charge is 0.494 e. The zero-order chi connectivity index (χ0) is 13.3. The summed E-state index contributed by atoms with van der Waals surface area (Å²) >= 11 is 0. The minimum absolute atomic E-state index is 0.843. The maximum Gasteiger partial charge on any atom is 0.145 e. The van der Waals surface area contributed by atoms with Gasteiger partial charge in [0.15, 0.2) is 0 Å². The number of aromatic nitrogens is 1. The summed E-state index contributed by atoms with van der Waals surface area (Å²) in [6.45, 7) is 6.05. The van der Waals surface area contributed by atoms with E-state index in [1.165, 1.54) is 5.56 Å². The molecule has 0 fully saturated rings. The molecule has 0 N–H and O–H groups in total. The Morgan fingerprint density at radius 1 is 1.18 bits per heavy atom. The van der Waals surface area contributed by atoms with Crippen LogP contribution in [0.5, 0.6) is 5.75 Å². The van der Waals surface area contributed by atoms with Crippen molar-refractivity contribution in [1.29, 1.82) is 0 Å². The van der Waals surface area contributed by atoms with Crippen LogP contribution in [-0.4, -0.2) is 12.1 Å². The third kappa shape index (κ3) is 3.81. The summed E-state index contributed by atoms with van der Waals surface area (Å²) < 4.78 is 5.25. The van der Waals surface area contributed by atoms with Crippen molar-refractivity contribution in [1.82, 2.24) is 4.98 Å². The molecule has 0 amide bonds. The topological polar surface area (TPSA) is 22.1 Å². The quantitative estimate of drug-likeness (QED) is 0.693. The van der Waals surface area contributed by atoms with Crippen LogP contribution in [0.4, 0.5) is 0 Å². The molecule has 1 aromatic heterocycles. The fraction of sp³-hybridized carbons (Fsp3) is 0.267. The van der Waals surface area contributed by atoms with E-state index < -0.39 is 0 Å². The number of hydrogen-bond acceptors (Lipinski definition) is 2. The van der Waals surface area contributed by atoms with Crippen LogP contribution in [0.1, 0.15) is 19.4 Å². The van der Waals surface area contributed by atoms with E-state index in [-0.39, 0.29) is 0 Å². The number of rotatable bonds is 1. The lowest BCUT2D eigenvalue weighted by molar-refractivity contribution is 0.418. The Labute approximate surface area is 104 Å². The smallest absolute Gasteiger partial charge is 0.145 e. The van der Waals surface area contributed by atoms with E-state index in [2.05, 4.69) is 30.8 Å². The first-order valence-corrected chi connectivity index (χ1v) is 5.54. The lowest BCUT2D eigenvalue weighted by atomic mass is 10.1. The molecule has 17 heavy (non-hydrogen) atoms. The van der Waals surface area contributed by atoms with Gasteiger partial charge in [0.2, 0.25) is 0 Å². The standard InChI is InChI=1S/C11H11NO.C2H6.C2H2/c1-8-6-9-4-3-5-12-11(9)10(7-8)13-2;2*1-2/h3-7H,1-2H3;1-2H3;1-2H. The van der Waals surface area contributed by atoms with Crippen LogP contribution in [0.25, 0.3) is 10.9 Å². The second-order valence-corrected chi connectivity index (χ2v) is 3.04. The van der Waals surface area contributed by atoms with E-state index >= 15 is 0 Å². The van der Waals surface area contributed by atoms with Gasteiger partial charge in [0.05, 0.1) is 7.11 Å². The van der Waals surface area contributed by atoms with Crippen molar-refractivity contribution >= 4 is 10.9 Å².